The lowest BCUT2D eigenvalue weighted by Crippen LogP contribution is -2.32. The van der Waals surface area contributed by atoms with Gasteiger partial charge in [-0.05, 0) is 48.7 Å². The zero-order valence-electron chi connectivity index (χ0n) is 16.1. The Morgan fingerprint density at radius 1 is 1.23 bits per heavy atom. The van der Waals surface area contributed by atoms with Crippen molar-refractivity contribution in [1.82, 2.24) is 9.21 Å². The first-order valence-corrected chi connectivity index (χ1v) is 10.9. The van der Waals surface area contributed by atoms with Crippen LogP contribution in [0, 0.1) is 11.3 Å². The number of carbonyl (C=O) groups excluding carboxylic acids is 2. The molecule has 1 aliphatic carbocycles. The van der Waals surface area contributed by atoms with Gasteiger partial charge < -0.3 is 4.90 Å². The summed E-state index contributed by atoms with van der Waals surface area (Å²) in [5.74, 6) is -0.887. The van der Waals surface area contributed by atoms with Gasteiger partial charge in [-0.25, -0.2) is 12.7 Å². The Morgan fingerprint density at radius 3 is 2.53 bits per heavy atom. The molecule has 2 aliphatic rings. The fourth-order valence-corrected chi connectivity index (χ4v) is 5.35. The van der Waals surface area contributed by atoms with Crippen LogP contribution in [0.5, 0.6) is 0 Å². The molecule has 0 spiro atoms. The van der Waals surface area contributed by atoms with Gasteiger partial charge in [0.15, 0.2) is 0 Å². The minimum atomic E-state index is -3.93. The van der Waals surface area contributed by atoms with Gasteiger partial charge in [0.25, 0.3) is 21.8 Å². The van der Waals surface area contributed by atoms with E-state index in [2.05, 4.69) is 6.58 Å². The Morgan fingerprint density at radius 2 is 1.93 bits per heavy atom. The van der Waals surface area contributed by atoms with E-state index < -0.39 is 15.9 Å². The monoisotopic (exact) mass is 421 g/mol. The maximum Gasteiger partial charge on any atom is 0.269 e. The number of nitrogens with zero attached hydrogens (tertiary/aromatic N) is 3. The zero-order chi connectivity index (χ0) is 21.5. The van der Waals surface area contributed by atoms with Gasteiger partial charge in [-0.3, -0.25) is 9.59 Å². The number of hydrogen-bond donors (Lipinski definition) is 0. The van der Waals surface area contributed by atoms with Crippen molar-refractivity contribution in [3.8, 4) is 6.07 Å². The molecule has 0 radical (unpaired) electrons. The van der Waals surface area contributed by atoms with E-state index in [-0.39, 0.29) is 41.1 Å². The first kappa shape index (κ1) is 19.9. The smallest absolute Gasteiger partial charge is 0.269 e. The summed E-state index contributed by atoms with van der Waals surface area (Å²) in [6, 6.07) is 12.8. The topological polar surface area (TPSA) is 98.6 Å². The van der Waals surface area contributed by atoms with Crippen molar-refractivity contribution >= 4 is 21.8 Å². The highest BCUT2D eigenvalue weighted by Gasteiger charge is 2.48. The summed E-state index contributed by atoms with van der Waals surface area (Å²) in [6.45, 7) is 4.22. The molecular formula is C22H19N3O4S. The van der Waals surface area contributed by atoms with E-state index in [1.807, 2.05) is 6.07 Å². The first-order chi connectivity index (χ1) is 14.4. The third-order valence-corrected chi connectivity index (χ3v) is 7.04. The molecule has 0 N–H and O–H groups in total. The average molecular weight is 421 g/mol. The number of amides is 2. The van der Waals surface area contributed by atoms with Gasteiger partial charge in [0.05, 0.1) is 17.2 Å². The number of sulfonamides is 1. The van der Waals surface area contributed by atoms with Crippen molar-refractivity contribution < 1.29 is 18.0 Å². The van der Waals surface area contributed by atoms with Crippen LogP contribution in [0.2, 0.25) is 0 Å². The van der Waals surface area contributed by atoms with Gasteiger partial charge >= 0.3 is 0 Å². The van der Waals surface area contributed by atoms with Gasteiger partial charge in [0.1, 0.15) is 4.90 Å². The molecule has 2 amide bonds. The lowest BCUT2D eigenvalue weighted by atomic mass is 10.1. The van der Waals surface area contributed by atoms with Crippen LogP contribution in [0.3, 0.4) is 0 Å². The molecule has 152 valence electrons. The summed E-state index contributed by atoms with van der Waals surface area (Å²) in [5, 5.41) is 8.92. The second-order valence-corrected chi connectivity index (χ2v) is 9.11. The molecule has 7 nitrogen and oxygen atoms in total. The normalized spacial score (nSPS) is 16.6. The van der Waals surface area contributed by atoms with E-state index in [0.29, 0.717) is 18.4 Å². The molecule has 8 heteroatoms. The van der Waals surface area contributed by atoms with Crippen LogP contribution in [0.1, 0.15) is 44.7 Å². The van der Waals surface area contributed by atoms with Crippen molar-refractivity contribution in [2.24, 2.45) is 0 Å². The molecule has 1 aliphatic heterocycles. The van der Waals surface area contributed by atoms with Gasteiger partial charge in [-0.1, -0.05) is 18.2 Å². The Balaban J connectivity index is 1.63. The van der Waals surface area contributed by atoms with E-state index in [9.17, 15) is 18.0 Å². The SMILES string of the molecule is C=CCN(Cc1ccc(C#N)cc1)C(=O)c1ccc2c(c1)S(=O)(=O)N(C1CC1)C2=O. The molecule has 1 heterocycles. The number of rotatable bonds is 6. The third kappa shape index (κ3) is 3.37. The summed E-state index contributed by atoms with van der Waals surface area (Å²) >= 11 is 0. The van der Waals surface area contributed by atoms with Crippen molar-refractivity contribution in [3.63, 3.8) is 0 Å². The molecule has 30 heavy (non-hydrogen) atoms. The molecule has 1 fully saturated rings. The summed E-state index contributed by atoms with van der Waals surface area (Å²) < 4.78 is 26.6. The third-order valence-electron chi connectivity index (χ3n) is 5.17. The highest BCUT2D eigenvalue weighted by molar-refractivity contribution is 7.90. The van der Waals surface area contributed by atoms with E-state index in [4.69, 9.17) is 5.26 Å². The number of benzene rings is 2. The lowest BCUT2D eigenvalue weighted by molar-refractivity contribution is 0.0761. The van der Waals surface area contributed by atoms with Gasteiger partial charge in [0, 0.05) is 24.7 Å². The van der Waals surface area contributed by atoms with Crippen molar-refractivity contribution in [3.05, 3.63) is 77.4 Å². The number of fused-ring (bicyclic) bond motifs is 1. The maximum atomic E-state index is 13.1. The summed E-state index contributed by atoms with van der Waals surface area (Å²) in [7, 11) is -3.93. The van der Waals surface area contributed by atoms with Crippen molar-refractivity contribution in [1.29, 1.82) is 5.26 Å². The molecule has 4 rings (SSSR count). The van der Waals surface area contributed by atoms with E-state index in [0.717, 1.165) is 9.87 Å². The highest BCUT2D eigenvalue weighted by atomic mass is 32.2. The highest BCUT2D eigenvalue weighted by Crippen LogP contribution is 2.39. The summed E-state index contributed by atoms with van der Waals surface area (Å²) in [6.07, 6.45) is 2.93. The second-order valence-electron chi connectivity index (χ2n) is 7.33. The summed E-state index contributed by atoms with van der Waals surface area (Å²) in [5.41, 5.74) is 1.65. The van der Waals surface area contributed by atoms with Crippen LogP contribution in [0.15, 0.2) is 60.0 Å². The molecule has 0 unspecified atom stereocenters. The number of nitriles is 1. The number of carbonyl (C=O) groups is 2. The maximum absolute atomic E-state index is 13.1. The predicted molar refractivity (Wildman–Crippen MR) is 109 cm³/mol. The van der Waals surface area contributed by atoms with E-state index in [1.54, 1.807) is 30.3 Å². The van der Waals surface area contributed by atoms with Gasteiger partial charge in [0.2, 0.25) is 0 Å². The molecule has 1 saturated carbocycles. The Kier molecular flexibility index (Phi) is 4.92. The predicted octanol–water partition coefficient (Wildman–Crippen LogP) is 2.69. The fourth-order valence-electron chi connectivity index (χ4n) is 3.51. The minimum Gasteiger partial charge on any atom is -0.331 e. The second kappa shape index (κ2) is 7.43. The van der Waals surface area contributed by atoms with Crippen LogP contribution in [-0.2, 0) is 16.6 Å². The number of hydrogen-bond acceptors (Lipinski definition) is 5. The molecular weight excluding hydrogens is 402 g/mol. The quantitative estimate of drug-likeness (QED) is 0.668. The van der Waals surface area contributed by atoms with Gasteiger partial charge in [-0.15, -0.1) is 6.58 Å². The fraction of sp³-hybridized carbons (Fsp3) is 0.227. The molecule has 2 aromatic carbocycles. The zero-order valence-corrected chi connectivity index (χ0v) is 16.9. The van der Waals surface area contributed by atoms with Crippen molar-refractivity contribution in [2.75, 3.05) is 6.54 Å². The minimum absolute atomic E-state index is 0.109. The van der Waals surface area contributed by atoms with E-state index >= 15 is 0 Å². The molecule has 2 aromatic rings. The van der Waals surface area contributed by atoms with Crippen LogP contribution in [0.25, 0.3) is 0 Å². The largest absolute Gasteiger partial charge is 0.331 e. The molecule has 0 aromatic heterocycles. The Bertz CT molecular complexity index is 1190. The molecule has 0 bridgehead atoms. The lowest BCUT2D eigenvalue weighted by Gasteiger charge is -2.21. The average Bonchev–Trinajstić information content (AvgIpc) is 3.54. The van der Waals surface area contributed by atoms with Crippen LogP contribution in [0.4, 0.5) is 0 Å². The van der Waals surface area contributed by atoms with Crippen molar-refractivity contribution in [2.45, 2.75) is 30.3 Å². The molecule has 0 saturated heterocycles. The van der Waals surface area contributed by atoms with Gasteiger partial charge in [-0.2, -0.15) is 5.26 Å². The van der Waals surface area contributed by atoms with E-state index in [1.165, 1.54) is 23.1 Å². The first-order valence-electron chi connectivity index (χ1n) is 9.49. The molecule has 0 atom stereocenters. The Hall–Kier alpha value is -3.44. The summed E-state index contributed by atoms with van der Waals surface area (Å²) in [4.78, 5) is 27.1. The van der Waals surface area contributed by atoms with Crippen LogP contribution in [-0.4, -0.2) is 42.0 Å². The van der Waals surface area contributed by atoms with Crippen LogP contribution >= 0.6 is 0 Å². The van der Waals surface area contributed by atoms with Crippen LogP contribution < -0.4 is 0 Å². The Labute approximate surface area is 174 Å². The standard InChI is InChI=1S/C22H19N3O4S/c1-2-11-24(14-16-5-3-15(13-23)4-6-16)21(26)17-7-10-19-20(12-17)30(28,29)25(22(19)27)18-8-9-18/h2-7,10,12,18H,1,8-9,11,14H2.